The van der Waals surface area contributed by atoms with Crippen molar-refractivity contribution in [3.63, 3.8) is 0 Å². The Morgan fingerprint density at radius 1 is 1.00 bits per heavy atom. The van der Waals surface area contributed by atoms with Gasteiger partial charge in [-0.05, 0) is 72.2 Å². The zero-order chi connectivity index (χ0) is 20.2. The maximum absolute atomic E-state index is 13.0. The van der Waals surface area contributed by atoms with E-state index in [4.69, 9.17) is 11.6 Å². The van der Waals surface area contributed by atoms with E-state index in [1.54, 1.807) is 12.3 Å². The number of aromatic amines is 1. The molecular weight excluding hydrogens is 384 g/mol. The summed E-state index contributed by atoms with van der Waals surface area (Å²) in [5.74, 6) is 0.661. The summed E-state index contributed by atoms with van der Waals surface area (Å²) >= 11 is 5.96. The smallest absolute Gasteiger partial charge is 0.253 e. The maximum atomic E-state index is 13.0. The molecule has 0 atom stereocenters. The molecular formula is C24H23ClN2O2. The second kappa shape index (κ2) is 8.66. The Morgan fingerprint density at radius 2 is 1.76 bits per heavy atom. The van der Waals surface area contributed by atoms with Gasteiger partial charge in [0.05, 0.1) is 0 Å². The van der Waals surface area contributed by atoms with Crippen LogP contribution in [0.3, 0.4) is 0 Å². The van der Waals surface area contributed by atoms with Crippen LogP contribution in [0.1, 0.15) is 28.8 Å². The highest BCUT2D eigenvalue weighted by Gasteiger charge is 2.24. The van der Waals surface area contributed by atoms with Gasteiger partial charge in [-0.15, -0.1) is 0 Å². The molecule has 2 aromatic carbocycles. The highest BCUT2D eigenvalue weighted by molar-refractivity contribution is 6.30. The average molecular weight is 407 g/mol. The Balaban J connectivity index is 1.39. The Morgan fingerprint density at radius 3 is 2.45 bits per heavy atom. The van der Waals surface area contributed by atoms with Crippen molar-refractivity contribution < 1.29 is 4.79 Å². The number of hydrogen-bond acceptors (Lipinski definition) is 2. The number of benzene rings is 2. The third-order valence-electron chi connectivity index (χ3n) is 5.57. The summed E-state index contributed by atoms with van der Waals surface area (Å²) in [6, 6.07) is 18.9. The molecule has 1 N–H and O–H groups in total. The fraction of sp³-hybridized carbons (Fsp3) is 0.250. The van der Waals surface area contributed by atoms with E-state index >= 15 is 0 Å². The number of piperidine rings is 1. The molecule has 4 nitrogen and oxygen atoms in total. The van der Waals surface area contributed by atoms with Gasteiger partial charge in [-0.3, -0.25) is 9.59 Å². The molecule has 1 aliphatic rings. The Bertz CT molecular complexity index is 1030. The molecule has 2 heterocycles. The number of pyridine rings is 1. The molecule has 29 heavy (non-hydrogen) atoms. The Hall–Kier alpha value is -2.85. The highest BCUT2D eigenvalue weighted by atomic mass is 35.5. The van der Waals surface area contributed by atoms with E-state index in [0.717, 1.165) is 48.5 Å². The summed E-state index contributed by atoms with van der Waals surface area (Å²) in [6.07, 6.45) is 4.72. The van der Waals surface area contributed by atoms with E-state index in [9.17, 15) is 9.59 Å². The average Bonchev–Trinajstić information content (AvgIpc) is 2.76. The molecule has 3 aromatic rings. The summed E-state index contributed by atoms with van der Waals surface area (Å²) in [5, 5.41) is 0.762. The number of nitrogens with zero attached hydrogens (tertiary/aromatic N) is 1. The molecule has 148 valence electrons. The van der Waals surface area contributed by atoms with Gasteiger partial charge in [0.25, 0.3) is 5.91 Å². The number of rotatable bonds is 4. The number of aromatic nitrogens is 1. The minimum Gasteiger partial charge on any atom is -0.339 e. The Kier molecular flexibility index (Phi) is 5.81. The number of H-pyrrole nitrogens is 1. The van der Waals surface area contributed by atoms with Crippen LogP contribution in [0.25, 0.3) is 11.1 Å². The first-order valence-electron chi connectivity index (χ1n) is 9.91. The molecule has 1 saturated heterocycles. The van der Waals surface area contributed by atoms with E-state index in [1.165, 1.54) is 11.6 Å². The van der Waals surface area contributed by atoms with Crippen LogP contribution in [0.15, 0.2) is 71.7 Å². The predicted octanol–water partition coefficient (Wildman–Crippen LogP) is 4.79. The second-order valence-electron chi connectivity index (χ2n) is 7.59. The standard InChI is InChI=1S/C24H23ClN2O2/c25-22-7-4-17(5-8-22)14-18-10-12-27(13-11-18)24(29)20-3-1-2-19(15-20)21-6-9-23(28)26-16-21/h1-9,15-16,18H,10-14H2,(H,26,28). The quantitative estimate of drug-likeness (QED) is 0.677. The van der Waals surface area contributed by atoms with E-state index < -0.39 is 0 Å². The summed E-state index contributed by atoms with van der Waals surface area (Å²) in [6.45, 7) is 1.56. The second-order valence-corrected chi connectivity index (χ2v) is 8.03. The number of carbonyl (C=O) groups is 1. The van der Waals surface area contributed by atoms with Crippen molar-refractivity contribution in [1.82, 2.24) is 9.88 Å². The van der Waals surface area contributed by atoms with Crippen LogP contribution in [0.4, 0.5) is 0 Å². The molecule has 0 unspecified atom stereocenters. The first-order valence-corrected chi connectivity index (χ1v) is 10.3. The van der Waals surface area contributed by atoms with E-state index in [1.807, 2.05) is 41.3 Å². The van der Waals surface area contributed by atoms with Crippen molar-refractivity contribution in [3.05, 3.63) is 93.4 Å². The molecule has 0 aliphatic carbocycles. The molecule has 1 amide bonds. The van der Waals surface area contributed by atoms with Crippen LogP contribution < -0.4 is 5.56 Å². The molecule has 0 spiro atoms. The fourth-order valence-electron chi connectivity index (χ4n) is 3.90. The summed E-state index contributed by atoms with van der Waals surface area (Å²) in [5.41, 5.74) is 3.66. The fourth-order valence-corrected chi connectivity index (χ4v) is 4.02. The van der Waals surface area contributed by atoms with Crippen LogP contribution in [-0.4, -0.2) is 28.9 Å². The first kappa shape index (κ1) is 19.5. The molecule has 0 bridgehead atoms. The monoisotopic (exact) mass is 406 g/mol. The van der Waals surface area contributed by atoms with Gasteiger partial charge in [0.15, 0.2) is 0 Å². The molecule has 0 saturated carbocycles. The number of likely N-dealkylation sites (tertiary alicyclic amines) is 1. The minimum absolute atomic E-state index is 0.0706. The number of hydrogen-bond donors (Lipinski definition) is 1. The van der Waals surface area contributed by atoms with E-state index in [2.05, 4.69) is 17.1 Å². The van der Waals surface area contributed by atoms with Crippen LogP contribution >= 0.6 is 11.6 Å². The van der Waals surface area contributed by atoms with Crippen molar-refractivity contribution >= 4 is 17.5 Å². The summed E-state index contributed by atoms with van der Waals surface area (Å²) < 4.78 is 0. The van der Waals surface area contributed by atoms with Crippen molar-refractivity contribution in [2.45, 2.75) is 19.3 Å². The largest absolute Gasteiger partial charge is 0.339 e. The van der Waals surface area contributed by atoms with Crippen molar-refractivity contribution in [1.29, 1.82) is 0 Å². The van der Waals surface area contributed by atoms with Gasteiger partial charge < -0.3 is 9.88 Å². The van der Waals surface area contributed by atoms with Gasteiger partial charge in [-0.2, -0.15) is 0 Å². The lowest BCUT2D eigenvalue weighted by molar-refractivity contribution is 0.0690. The van der Waals surface area contributed by atoms with Gasteiger partial charge in [0.2, 0.25) is 5.56 Å². The zero-order valence-electron chi connectivity index (χ0n) is 16.1. The van der Waals surface area contributed by atoms with Gasteiger partial charge in [0, 0.05) is 35.9 Å². The molecule has 1 aliphatic heterocycles. The van der Waals surface area contributed by atoms with Crippen LogP contribution in [0.5, 0.6) is 0 Å². The van der Waals surface area contributed by atoms with Crippen LogP contribution in [0.2, 0.25) is 5.02 Å². The van der Waals surface area contributed by atoms with Gasteiger partial charge in [0.1, 0.15) is 0 Å². The minimum atomic E-state index is -0.137. The van der Waals surface area contributed by atoms with E-state index in [-0.39, 0.29) is 11.5 Å². The third kappa shape index (κ3) is 4.77. The predicted molar refractivity (Wildman–Crippen MR) is 116 cm³/mol. The van der Waals surface area contributed by atoms with Crippen molar-refractivity contribution in [2.75, 3.05) is 13.1 Å². The molecule has 0 radical (unpaired) electrons. The highest BCUT2D eigenvalue weighted by Crippen LogP contribution is 2.25. The SMILES string of the molecule is O=C(c1cccc(-c2ccc(=O)[nH]c2)c1)N1CCC(Cc2ccc(Cl)cc2)CC1. The van der Waals surface area contributed by atoms with Crippen molar-refractivity contribution in [2.24, 2.45) is 5.92 Å². The van der Waals surface area contributed by atoms with Gasteiger partial charge in [-0.25, -0.2) is 0 Å². The van der Waals surface area contributed by atoms with Gasteiger partial charge >= 0.3 is 0 Å². The first-order chi connectivity index (χ1) is 14.1. The number of halogens is 1. The lowest BCUT2D eigenvalue weighted by atomic mass is 9.90. The number of amides is 1. The Labute approximate surface area is 175 Å². The number of nitrogens with one attached hydrogen (secondary N) is 1. The third-order valence-corrected chi connectivity index (χ3v) is 5.82. The lowest BCUT2D eigenvalue weighted by Gasteiger charge is -2.32. The normalized spacial score (nSPS) is 14.7. The summed E-state index contributed by atoms with van der Waals surface area (Å²) in [7, 11) is 0. The molecule has 1 fully saturated rings. The zero-order valence-corrected chi connectivity index (χ0v) is 16.9. The van der Waals surface area contributed by atoms with Crippen LogP contribution in [-0.2, 0) is 6.42 Å². The summed E-state index contributed by atoms with van der Waals surface area (Å²) in [4.78, 5) is 28.9. The van der Waals surface area contributed by atoms with Crippen molar-refractivity contribution in [3.8, 4) is 11.1 Å². The molecule has 5 heteroatoms. The van der Waals surface area contributed by atoms with Crippen LogP contribution in [0, 0.1) is 5.92 Å². The van der Waals surface area contributed by atoms with Gasteiger partial charge in [-0.1, -0.05) is 35.9 Å². The molecule has 4 rings (SSSR count). The lowest BCUT2D eigenvalue weighted by Crippen LogP contribution is -2.38. The topological polar surface area (TPSA) is 53.2 Å². The van der Waals surface area contributed by atoms with E-state index in [0.29, 0.717) is 11.5 Å². The maximum Gasteiger partial charge on any atom is 0.253 e. The number of carbonyl (C=O) groups excluding carboxylic acids is 1. The molecule has 1 aromatic heterocycles.